The molecule has 3 aromatic rings. The van der Waals surface area contributed by atoms with Crippen molar-refractivity contribution in [1.29, 1.82) is 0 Å². The maximum atomic E-state index is 12.6. The van der Waals surface area contributed by atoms with Crippen molar-refractivity contribution in [2.75, 3.05) is 25.7 Å². The van der Waals surface area contributed by atoms with Gasteiger partial charge in [-0.15, -0.1) is 0 Å². The summed E-state index contributed by atoms with van der Waals surface area (Å²) in [6, 6.07) is 14.5. The Hall–Kier alpha value is -5.15. The van der Waals surface area contributed by atoms with Crippen LogP contribution in [0.1, 0.15) is 88.2 Å². The van der Waals surface area contributed by atoms with Crippen molar-refractivity contribution in [2.45, 2.75) is 96.5 Å². The van der Waals surface area contributed by atoms with Crippen LogP contribution >= 0.6 is 27.5 Å². The van der Waals surface area contributed by atoms with Crippen molar-refractivity contribution in [2.24, 2.45) is 0 Å². The molecule has 0 amide bonds. The quantitative estimate of drug-likeness (QED) is 0.0491. The number of aliphatic hydroxyl groups is 1. The van der Waals surface area contributed by atoms with Crippen LogP contribution in [0.5, 0.6) is 34.5 Å². The summed E-state index contributed by atoms with van der Waals surface area (Å²) in [7, 11) is 0. The molecule has 0 saturated heterocycles. The molecule has 0 radical (unpaired) electrons. The Morgan fingerprint density at radius 3 is 1.36 bits per heavy atom. The molecule has 0 fully saturated rings. The van der Waals surface area contributed by atoms with Crippen LogP contribution in [0.2, 0.25) is 0 Å². The number of ether oxygens (including phenoxy) is 7. The summed E-state index contributed by atoms with van der Waals surface area (Å²) < 4.78 is 144. The second kappa shape index (κ2) is 24.6. The molecular formula is C44H47BrClF9O11. The Morgan fingerprint density at radius 2 is 0.985 bits per heavy atom. The highest BCUT2D eigenvalue weighted by Crippen LogP contribution is 2.42. The molecule has 366 valence electrons. The van der Waals surface area contributed by atoms with E-state index >= 15 is 0 Å². The summed E-state index contributed by atoms with van der Waals surface area (Å²) in [6.45, 7) is 14.4. The summed E-state index contributed by atoms with van der Waals surface area (Å²) in [5.74, 6) is 2.54. The zero-order valence-electron chi connectivity index (χ0n) is 36.2. The molecule has 2 unspecified atom stereocenters. The molecule has 0 bridgehead atoms. The van der Waals surface area contributed by atoms with Crippen molar-refractivity contribution in [3.8, 4) is 34.5 Å². The smallest absolute Gasteiger partial charge is 0.389 e. The normalized spacial score (nSPS) is 14.7. The van der Waals surface area contributed by atoms with Gasteiger partial charge in [-0.3, -0.25) is 9.59 Å². The first-order valence-corrected chi connectivity index (χ1v) is 20.8. The minimum atomic E-state index is -4.35. The number of allylic oxidation sites excluding steroid dienone is 1. The van der Waals surface area contributed by atoms with E-state index in [9.17, 15) is 59.0 Å². The van der Waals surface area contributed by atoms with Crippen molar-refractivity contribution in [3.63, 3.8) is 0 Å². The molecule has 2 atom stereocenters. The number of ketones is 1. The van der Waals surface area contributed by atoms with Crippen LogP contribution in [0.15, 0.2) is 78.9 Å². The number of hydrogen-bond donors (Lipinski definition) is 1. The van der Waals surface area contributed by atoms with Crippen LogP contribution < -0.4 is 28.4 Å². The van der Waals surface area contributed by atoms with Gasteiger partial charge in [-0.1, -0.05) is 41.2 Å². The molecular weight excluding hydrogens is 991 g/mol. The zero-order valence-corrected chi connectivity index (χ0v) is 38.5. The molecule has 0 saturated carbocycles. The van der Waals surface area contributed by atoms with Gasteiger partial charge in [-0.05, 0) is 113 Å². The van der Waals surface area contributed by atoms with Crippen LogP contribution in [0.25, 0.3) is 0 Å². The molecule has 0 aromatic heterocycles. The van der Waals surface area contributed by atoms with E-state index in [1.807, 2.05) is 0 Å². The van der Waals surface area contributed by atoms with Gasteiger partial charge in [0.2, 0.25) is 25.6 Å². The molecule has 6 rings (SSSR count). The minimum absolute atomic E-state index is 0.00347. The number of carbonyl (C=O) groups is 3. The first-order valence-electron chi connectivity index (χ1n) is 19.3. The molecule has 3 aliphatic heterocycles. The maximum absolute atomic E-state index is 12.6. The van der Waals surface area contributed by atoms with E-state index in [0.29, 0.717) is 56.8 Å². The average Bonchev–Trinajstić information content (AvgIpc) is 4.00. The van der Waals surface area contributed by atoms with Gasteiger partial charge in [0.1, 0.15) is 5.60 Å². The van der Waals surface area contributed by atoms with Gasteiger partial charge in [-0.25, -0.2) is 4.79 Å². The first kappa shape index (κ1) is 57.0. The number of hydrogen-bond acceptors (Lipinski definition) is 11. The number of halogens is 11. The highest BCUT2D eigenvalue weighted by molar-refractivity contribution is 9.09. The van der Waals surface area contributed by atoms with Crippen LogP contribution in [0, 0.1) is 0 Å². The van der Waals surface area contributed by atoms with E-state index in [4.69, 9.17) is 44.8 Å². The van der Waals surface area contributed by atoms with Gasteiger partial charge >= 0.3 is 24.5 Å². The van der Waals surface area contributed by atoms with Gasteiger partial charge in [0.05, 0.1) is 12.0 Å². The predicted octanol–water partition coefficient (Wildman–Crippen LogP) is 12.3. The summed E-state index contributed by atoms with van der Waals surface area (Å²) >= 11 is 7.54. The third-order valence-corrected chi connectivity index (χ3v) is 9.64. The Kier molecular flexibility index (Phi) is 21.2. The van der Waals surface area contributed by atoms with E-state index < -0.39 is 73.0 Å². The molecule has 3 heterocycles. The number of benzene rings is 3. The SMILES string of the molecule is C=C(C)C(=O)Cl.C=C(C)C(=O)OC(C)(CCC(F)(F)F)c1ccc2c(c1)OCO2.CC(=O)c1ccc2c(c1)OCO2.CC(O)(CCC(F)(F)F)c1ccc2c(c1)OCO2.FC(F)(F)CCBr. The van der Waals surface area contributed by atoms with Gasteiger partial charge in [0, 0.05) is 34.9 Å². The fourth-order valence-electron chi connectivity index (χ4n) is 5.14. The van der Waals surface area contributed by atoms with E-state index in [2.05, 4.69) is 29.1 Å². The van der Waals surface area contributed by atoms with Crippen molar-refractivity contribution >= 4 is 44.5 Å². The predicted molar refractivity (Wildman–Crippen MR) is 226 cm³/mol. The summed E-state index contributed by atoms with van der Waals surface area (Å²) in [4.78, 5) is 32.6. The largest absolute Gasteiger partial charge is 0.454 e. The zero-order chi connectivity index (χ0) is 50.3. The number of alkyl halides is 10. The van der Waals surface area contributed by atoms with Gasteiger partial charge < -0.3 is 38.3 Å². The fraction of sp³-hybridized carbons (Fsp3) is 0.432. The number of esters is 1. The minimum Gasteiger partial charge on any atom is -0.454 e. The van der Waals surface area contributed by atoms with Gasteiger partial charge in [-0.2, -0.15) is 39.5 Å². The summed E-state index contributed by atoms with van der Waals surface area (Å²) in [6.07, 6.45) is -16.3. The Labute approximate surface area is 387 Å². The summed E-state index contributed by atoms with van der Waals surface area (Å²) in [5, 5.41) is 9.62. The molecule has 0 spiro atoms. The molecule has 11 nitrogen and oxygen atoms in total. The van der Waals surface area contributed by atoms with Crippen LogP contribution in [-0.4, -0.2) is 66.3 Å². The second-order valence-corrected chi connectivity index (χ2v) is 15.9. The number of carbonyl (C=O) groups excluding carboxylic acids is 3. The molecule has 3 aromatic carbocycles. The molecule has 3 aliphatic rings. The Bertz CT molecular complexity index is 2150. The lowest BCUT2D eigenvalue weighted by atomic mass is 9.90. The highest BCUT2D eigenvalue weighted by atomic mass is 79.9. The lowest BCUT2D eigenvalue weighted by Crippen LogP contribution is -2.31. The van der Waals surface area contributed by atoms with Crippen LogP contribution in [0.4, 0.5) is 39.5 Å². The Balaban J connectivity index is 0.000000308. The van der Waals surface area contributed by atoms with Crippen molar-refractivity contribution in [1.82, 2.24) is 0 Å². The first-order chi connectivity index (χ1) is 30.4. The van der Waals surface area contributed by atoms with Crippen molar-refractivity contribution in [3.05, 3.63) is 95.6 Å². The standard InChI is InChI=1S/C16H17F3O4.C12H13F3O3.C9H8O3.C4H5ClO.C3H4BrF3/c1-10(2)14(20)23-15(3,6-7-16(17,18)19)11-4-5-12-13(8-11)22-9-21-12;1-11(16,4-5-12(13,14)15)8-2-3-9-10(6-8)18-7-17-9;1-6(10)7-2-3-8-9(4-7)12-5-11-8;1-3(2)4(5)6;4-2-1-3(5,6)7/h4-5,8H,1,6-7,9H2,2-3H3;2-3,6,16H,4-5,7H2,1H3;2-4H,5H2,1H3;1H2,2H3;1-2H2. The lowest BCUT2D eigenvalue weighted by Gasteiger charge is -2.31. The number of Topliss-reactive ketones (excluding diaryl/α,β-unsaturated/α-hetero) is 1. The third kappa shape index (κ3) is 20.2. The van der Waals surface area contributed by atoms with Gasteiger partial charge in [0.25, 0.3) is 0 Å². The molecule has 22 heteroatoms. The monoisotopic (exact) mass is 1040 g/mol. The van der Waals surface area contributed by atoms with Crippen LogP contribution in [0.3, 0.4) is 0 Å². The molecule has 0 aliphatic carbocycles. The van der Waals surface area contributed by atoms with E-state index in [0.717, 1.165) is 0 Å². The van der Waals surface area contributed by atoms with Crippen molar-refractivity contribution < 1.29 is 92.2 Å². The second-order valence-electron chi connectivity index (χ2n) is 14.8. The topological polar surface area (TPSA) is 136 Å². The molecule has 1 N–H and O–H groups in total. The average molecular weight is 1040 g/mol. The van der Waals surface area contributed by atoms with E-state index in [-0.39, 0.29) is 37.1 Å². The highest BCUT2D eigenvalue weighted by Gasteiger charge is 2.38. The van der Waals surface area contributed by atoms with E-state index in [1.165, 1.54) is 39.8 Å². The molecule has 66 heavy (non-hydrogen) atoms. The number of rotatable bonds is 11. The maximum Gasteiger partial charge on any atom is 0.389 e. The van der Waals surface area contributed by atoms with E-state index in [1.54, 1.807) is 49.4 Å². The Morgan fingerprint density at radius 1 is 0.606 bits per heavy atom. The van der Waals surface area contributed by atoms with Crippen LogP contribution in [-0.2, 0) is 25.5 Å². The third-order valence-electron chi connectivity index (χ3n) is 8.92. The number of fused-ring (bicyclic) bond motifs is 3. The lowest BCUT2D eigenvalue weighted by molar-refractivity contribution is -0.167. The fourth-order valence-corrected chi connectivity index (χ4v) is 5.59. The van der Waals surface area contributed by atoms with Gasteiger partial charge in [0.15, 0.2) is 40.3 Å². The summed E-state index contributed by atoms with van der Waals surface area (Å²) in [5.41, 5.74) is -1.06.